The number of thiophene rings is 1. The van der Waals surface area contributed by atoms with Gasteiger partial charge in [-0.25, -0.2) is 0 Å². The van der Waals surface area contributed by atoms with Crippen molar-refractivity contribution in [3.63, 3.8) is 0 Å². The second kappa shape index (κ2) is 7.43. The Hall–Kier alpha value is -3.45. The Morgan fingerprint density at radius 2 is 1.81 bits per heavy atom. The summed E-state index contributed by atoms with van der Waals surface area (Å²) in [6, 6.07) is 18.4. The zero-order valence-electron chi connectivity index (χ0n) is 14.4. The second-order valence-electron chi connectivity index (χ2n) is 5.60. The number of methoxy groups -OCH3 is 1. The van der Waals surface area contributed by atoms with E-state index in [0.29, 0.717) is 33.6 Å². The molecule has 1 amide bonds. The van der Waals surface area contributed by atoms with Gasteiger partial charge in [-0.1, -0.05) is 35.5 Å². The van der Waals surface area contributed by atoms with E-state index in [4.69, 9.17) is 9.26 Å². The number of aromatic nitrogens is 2. The fourth-order valence-electron chi connectivity index (χ4n) is 2.64. The van der Waals surface area contributed by atoms with Gasteiger partial charge in [0, 0.05) is 0 Å². The highest BCUT2D eigenvalue weighted by molar-refractivity contribution is 7.12. The number of benzene rings is 2. The fourth-order valence-corrected chi connectivity index (χ4v) is 3.26. The number of para-hydroxylation sites is 2. The largest absolute Gasteiger partial charge is 0.496 e. The first-order valence-electron chi connectivity index (χ1n) is 8.17. The van der Waals surface area contributed by atoms with Crippen LogP contribution in [0.25, 0.3) is 22.8 Å². The quantitative estimate of drug-likeness (QED) is 0.544. The lowest BCUT2D eigenvalue weighted by Gasteiger charge is -2.07. The summed E-state index contributed by atoms with van der Waals surface area (Å²) in [5.41, 5.74) is 1.98. The van der Waals surface area contributed by atoms with Gasteiger partial charge in [0.1, 0.15) is 5.75 Å². The molecule has 0 bridgehead atoms. The Morgan fingerprint density at radius 3 is 2.59 bits per heavy atom. The molecule has 134 valence electrons. The van der Waals surface area contributed by atoms with Gasteiger partial charge in [0.25, 0.3) is 11.8 Å². The normalized spacial score (nSPS) is 10.6. The van der Waals surface area contributed by atoms with Crippen molar-refractivity contribution >= 4 is 22.9 Å². The Morgan fingerprint density at radius 1 is 1.04 bits per heavy atom. The molecule has 0 atom stereocenters. The van der Waals surface area contributed by atoms with E-state index >= 15 is 0 Å². The van der Waals surface area contributed by atoms with E-state index in [9.17, 15) is 4.79 Å². The lowest BCUT2D eigenvalue weighted by molar-refractivity contribution is 0.103. The van der Waals surface area contributed by atoms with Gasteiger partial charge in [0.2, 0.25) is 5.82 Å². The first-order valence-corrected chi connectivity index (χ1v) is 9.05. The van der Waals surface area contributed by atoms with E-state index in [2.05, 4.69) is 15.5 Å². The predicted molar refractivity (Wildman–Crippen MR) is 104 cm³/mol. The van der Waals surface area contributed by atoms with Crippen LogP contribution >= 0.6 is 11.3 Å². The second-order valence-corrected chi connectivity index (χ2v) is 6.55. The molecule has 2 aromatic carbocycles. The molecule has 0 saturated carbocycles. The molecule has 2 aromatic heterocycles. The topological polar surface area (TPSA) is 77.3 Å². The summed E-state index contributed by atoms with van der Waals surface area (Å²) in [7, 11) is 1.59. The maximum atomic E-state index is 12.4. The highest BCUT2D eigenvalue weighted by Crippen LogP contribution is 2.32. The van der Waals surface area contributed by atoms with Crippen LogP contribution in [0.5, 0.6) is 5.75 Å². The first kappa shape index (κ1) is 17.0. The summed E-state index contributed by atoms with van der Waals surface area (Å²) in [5, 5.41) is 8.83. The summed E-state index contributed by atoms with van der Waals surface area (Å²) < 4.78 is 10.8. The van der Waals surface area contributed by atoms with Crippen molar-refractivity contribution in [2.45, 2.75) is 0 Å². The molecule has 0 spiro atoms. The van der Waals surface area contributed by atoms with Crippen LogP contribution < -0.4 is 10.1 Å². The number of hydrogen-bond donors (Lipinski definition) is 1. The molecule has 0 radical (unpaired) electrons. The lowest BCUT2D eigenvalue weighted by atomic mass is 10.1. The van der Waals surface area contributed by atoms with E-state index < -0.39 is 0 Å². The third-order valence-electron chi connectivity index (χ3n) is 3.92. The molecule has 1 N–H and O–H groups in total. The fraction of sp³-hybridized carbons (Fsp3) is 0.0500. The van der Waals surface area contributed by atoms with E-state index in [1.165, 1.54) is 11.3 Å². The van der Waals surface area contributed by atoms with Crippen molar-refractivity contribution in [3.8, 4) is 28.6 Å². The number of ether oxygens (including phenoxy) is 1. The summed E-state index contributed by atoms with van der Waals surface area (Å²) in [6.07, 6.45) is 0. The van der Waals surface area contributed by atoms with Crippen molar-refractivity contribution in [1.29, 1.82) is 0 Å². The van der Waals surface area contributed by atoms with Gasteiger partial charge in [0.05, 0.1) is 28.8 Å². The van der Waals surface area contributed by atoms with Crippen molar-refractivity contribution < 1.29 is 14.1 Å². The average molecular weight is 377 g/mol. The van der Waals surface area contributed by atoms with Crippen LogP contribution in [0.1, 0.15) is 9.67 Å². The molecular weight excluding hydrogens is 362 g/mol. The van der Waals surface area contributed by atoms with Crippen molar-refractivity contribution in [3.05, 3.63) is 70.9 Å². The van der Waals surface area contributed by atoms with Crippen molar-refractivity contribution in [2.75, 3.05) is 12.4 Å². The standard InChI is InChI=1S/C20H15N3O3S/c1-25-16-10-5-3-8-14(16)18-22-20(26-23-18)13-7-2-4-9-15(13)21-19(24)17-11-6-12-27-17/h2-12H,1H3,(H,21,24). The van der Waals surface area contributed by atoms with Gasteiger partial charge < -0.3 is 14.6 Å². The predicted octanol–water partition coefficient (Wildman–Crippen LogP) is 4.73. The zero-order valence-corrected chi connectivity index (χ0v) is 15.2. The summed E-state index contributed by atoms with van der Waals surface area (Å²) >= 11 is 1.38. The van der Waals surface area contributed by atoms with Gasteiger partial charge >= 0.3 is 0 Å². The number of nitrogens with zero attached hydrogens (tertiary/aromatic N) is 2. The minimum Gasteiger partial charge on any atom is -0.496 e. The zero-order chi connectivity index (χ0) is 18.6. The molecule has 7 heteroatoms. The minimum atomic E-state index is -0.179. The number of anilines is 1. The minimum absolute atomic E-state index is 0.179. The lowest BCUT2D eigenvalue weighted by Crippen LogP contribution is -2.10. The number of hydrogen-bond acceptors (Lipinski definition) is 6. The molecule has 4 rings (SSSR count). The first-order chi connectivity index (χ1) is 13.3. The van der Waals surface area contributed by atoms with E-state index in [1.54, 1.807) is 19.2 Å². The Kier molecular flexibility index (Phi) is 4.67. The summed E-state index contributed by atoms with van der Waals surface area (Å²) in [5.74, 6) is 1.21. The van der Waals surface area contributed by atoms with Crippen LogP contribution in [-0.4, -0.2) is 23.2 Å². The van der Waals surface area contributed by atoms with Gasteiger partial charge in [-0.15, -0.1) is 11.3 Å². The van der Waals surface area contributed by atoms with Crippen LogP contribution in [-0.2, 0) is 0 Å². The number of carbonyl (C=O) groups is 1. The number of amides is 1. The maximum Gasteiger partial charge on any atom is 0.265 e. The van der Waals surface area contributed by atoms with Crippen LogP contribution in [0.3, 0.4) is 0 Å². The van der Waals surface area contributed by atoms with Crippen LogP contribution in [0.2, 0.25) is 0 Å². The third-order valence-corrected chi connectivity index (χ3v) is 4.79. The van der Waals surface area contributed by atoms with Crippen LogP contribution in [0.15, 0.2) is 70.6 Å². The van der Waals surface area contributed by atoms with Gasteiger partial charge in [-0.3, -0.25) is 4.79 Å². The third kappa shape index (κ3) is 3.45. The van der Waals surface area contributed by atoms with E-state index in [1.807, 2.05) is 53.9 Å². The van der Waals surface area contributed by atoms with E-state index in [-0.39, 0.29) is 5.91 Å². The highest BCUT2D eigenvalue weighted by atomic mass is 32.1. The van der Waals surface area contributed by atoms with Gasteiger partial charge in [0.15, 0.2) is 0 Å². The molecule has 0 aliphatic heterocycles. The molecule has 0 saturated heterocycles. The monoisotopic (exact) mass is 377 g/mol. The Balaban J connectivity index is 1.67. The summed E-state index contributed by atoms with van der Waals surface area (Å²) in [6.45, 7) is 0. The maximum absolute atomic E-state index is 12.4. The Bertz CT molecular complexity index is 1070. The molecule has 6 nitrogen and oxygen atoms in total. The SMILES string of the molecule is COc1ccccc1-c1noc(-c2ccccc2NC(=O)c2cccs2)n1. The highest BCUT2D eigenvalue weighted by Gasteiger charge is 2.17. The van der Waals surface area contributed by atoms with E-state index in [0.717, 1.165) is 5.56 Å². The summed E-state index contributed by atoms with van der Waals surface area (Å²) in [4.78, 5) is 17.5. The molecule has 4 aromatic rings. The van der Waals surface area contributed by atoms with Crippen LogP contribution in [0, 0.1) is 0 Å². The Labute approximate surface area is 159 Å². The van der Waals surface area contributed by atoms with Gasteiger partial charge in [-0.05, 0) is 35.7 Å². The molecular formula is C20H15N3O3S. The number of rotatable bonds is 5. The molecule has 27 heavy (non-hydrogen) atoms. The van der Waals surface area contributed by atoms with Crippen LogP contribution in [0.4, 0.5) is 5.69 Å². The molecule has 0 aliphatic rings. The molecule has 0 fully saturated rings. The average Bonchev–Trinajstić information content (AvgIpc) is 3.40. The smallest absolute Gasteiger partial charge is 0.265 e. The molecule has 0 aliphatic carbocycles. The molecule has 0 unspecified atom stereocenters. The van der Waals surface area contributed by atoms with Gasteiger partial charge in [-0.2, -0.15) is 4.98 Å². The number of carbonyl (C=O) groups excluding carboxylic acids is 1. The van der Waals surface area contributed by atoms with Crippen molar-refractivity contribution in [2.24, 2.45) is 0 Å². The van der Waals surface area contributed by atoms with Crippen molar-refractivity contribution in [1.82, 2.24) is 10.1 Å². The number of nitrogens with one attached hydrogen (secondary N) is 1. The molecule has 2 heterocycles.